The minimum absolute atomic E-state index is 0.221. The summed E-state index contributed by atoms with van der Waals surface area (Å²) in [6.45, 7) is 7.34. The number of rotatable bonds is 4. The van der Waals surface area contributed by atoms with Crippen molar-refractivity contribution in [1.82, 2.24) is 4.57 Å². The molecule has 0 aliphatic rings. The highest BCUT2D eigenvalue weighted by Gasteiger charge is 2.12. The van der Waals surface area contributed by atoms with Gasteiger partial charge in [0.2, 0.25) is 0 Å². The van der Waals surface area contributed by atoms with Crippen LogP contribution in [0.15, 0.2) is 47.5 Å². The quantitative estimate of drug-likeness (QED) is 0.715. The fourth-order valence-corrected chi connectivity index (χ4v) is 3.71. The van der Waals surface area contributed by atoms with E-state index < -0.39 is 0 Å². The van der Waals surface area contributed by atoms with Crippen molar-refractivity contribution >= 4 is 27.5 Å². The summed E-state index contributed by atoms with van der Waals surface area (Å²) in [5.74, 6) is 0.610. The topological polar surface area (TPSA) is 43.6 Å². The number of aromatic nitrogens is 1. The Morgan fingerprint density at radius 2 is 1.92 bits per heavy atom. The first kappa shape index (κ1) is 16.5. The van der Waals surface area contributed by atoms with Crippen LogP contribution in [0.3, 0.4) is 0 Å². The molecule has 24 heavy (non-hydrogen) atoms. The third-order valence-electron chi connectivity index (χ3n) is 3.78. The molecule has 0 N–H and O–H groups in total. The molecule has 2 aromatic carbocycles. The highest BCUT2D eigenvalue weighted by molar-refractivity contribution is 7.16. The molecule has 0 fully saturated rings. The second-order valence-electron chi connectivity index (χ2n) is 5.45. The van der Waals surface area contributed by atoms with Gasteiger partial charge in [0.25, 0.3) is 5.91 Å². The molecule has 5 heteroatoms. The van der Waals surface area contributed by atoms with Crippen LogP contribution in [0.5, 0.6) is 5.75 Å². The molecule has 124 valence electrons. The molecule has 0 saturated carbocycles. The van der Waals surface area contributed by atoms with Crippen LogP contribution in [0.2, 0.25) is 0 Å². The number of para-hydroxylation sites is 1. The zero-order chi connectivity index (χ0) is 17.1. The highest BCUT2D eigenvalue weighted by Crippen LogP contribution is 2.27. The van der Waals surface area contributed by atoms with Gasteiger partial charge < -0.3 is 9.30 Å². The maximum Gasteiger partial charge on any atom is 0.279 e. The van der Waals surface area contributed by atoms with Crippen LogP contribution in [0.1, 0.15) is 29.8 Å². The molecule has 0 bridgehead atoms. The maximum absolute atomic E-state index is 12.5. The Labute approximate surface area is 145 Å². The van der Waals surface area contributed by atoms with Crippen LogP contribution in [0, 0.1) is 6.92 Å². The predicted molar refractivity (Wildman–Crippen MR) is 97.7 cm³/mol. The van der Waals surface area contributed by atoms with Crippen LogP contribution in [-0.2, 0) is 6.54 Å². The van der Waals surface area contributed by atoms with Crippen molar-refractivity contribution in [3.63, 3.8) is 0 Å². The molecule has 0 atom stereocenters. The van der Waals surface area contributed by atoms with Gasteiger partial charge in [-0.25, -0.2) is 0 Å². The largest absolute Gasteiger partial charge is 0.492 e. The lowest BCUT2D eigenvalue weighted by atomic mass is 10.1. The number of ether oxygens (including phenoxy) is 1. The Morgan fingerprint density at radius 1 is 1.17 bits per heavy atom. The van der Waals surface area contributed by atoms with Crippen molar-refractivity contribution < 1.29 is 9.53 Å². The summed E-state index contributed by atoms with van der Waals surface area (Å²) in [6, 6.07) is 13.4. The van der Waals surface area contributed by atoms with Crippen LogP contribution >= 0.6 is 11.3 Å². The first-order chi connectivity index (χ1) is 11.6. The molecule has 1 amide bonds. The number of carbonyl (C=O) groups excluding carboxylic acids is 1. The monoisotopic (exact) mass is 340 g/mol. The van der Waals surface area contributed by atoms with Gasteiger partial charge in [-0.15, -0.1) is 0 Å². The number of fused-ring (bicyclic) bond motifs is 1. The fraction of sp³-hybridized carbons (Fsp3) is 0.263. The number of hydrogen-bond acceptors (Lipinski definition) is 3. The molecule has 1 aromatic heterocycles. The second kappa shape index (κ2) is 7.01. The molecule has 3 rings (SSSR count). The SMILES string of the molecule is CCOc1cccc2sc(=NC(=O)c3ccc(C)cc3)n(CC)c12. The van der Waals surface area contributed by atoms with E-state index in [-0.39, 0.29) is 5.91 Å². The summed E-state index contributed by atoms with van der Waals surface area (Å²) in [5.41, 5.74) is 2.73. The molecule has 4 nitrogen and oxygen atoms in total. The Morgan fingerprint density at radius 3 is 2.58 bits per heavy atom. The average Bonchev–Trinajstić information content (AvgIpc) is 2.93. The molecule has 0 aliphatic heterocycles. The summed E-state index contributed by atoms with van der Waals surface area (Å²) in [6.07, 6.45) is 0. The number of carbonyl (C=O) groups is 1. The molecule has 0 aliphatic carbocycles. The van der Waals surface area contributed by atoms with Gasteiger partial charge >= 0.3 is 0 Å². The summed E-state index contributed by atoms with van der Waals surface area (Å²) in [4.78, 5) is 17.5. The number of hydrogen-bond donors (Lipinski definition) is 0. The number of aryl methyl sites for hydroxylation is 2. The predicted octanol–water partition coefficient (Wildman–Crippen LogP) is 4.17. The van der Waals surface area contributed by atoms with Gasteiger partial charge in [0.05, 0.1) is 11.3 Å². The van der Waals surface area contributed by atoms with Crippen molar-refractivity contribution in [2.24, 2.45) is 4.99 Å². The van der Waals surface area contributed by atoms with Gasteiger partial charge in [0.15, 0.2) is 4.80 Å². The molecule has 0 unspecified atom stereocenters. The number of amides is 1. The Bertz CT molecular complexity index is 936. The van der Waals surface area contributed by atoms with Crippen molar-refractivity contribution in [1.29, 1.82) is 0 Å². The summed E-state index contributed by atoms with van der Waals surface area (Å²) >= 11 is 1.51. The van der Waals surface area contributed by atoms with Crippen LogP contribution in [0.4, 0.5) is 0 Å². The zero-order valence-corrected chi connectivity index (χ0v) is 14.9. The second-order valence-corrected chi connectivity index (χ2v) is 6.46. The molecule has 0 radical (unpaired) electrons. The highest BCUT2D eigenvalue weighted by atomic mass is 32.1. The van der Waals surface area contributed by atoms with E-state index in [9.17, 15) is 4.79 Å². The lowest BCUT2D eigenvalue weighted by Gasteiger charge is -2.07. The number of benzene rings is 2. The molecular weight excluding hydrogens is 320 g/mol. The lowest BCUT2D eigenvalue weighted by molar-refractivity contribution is 0.0998. The Kier molecular flexibility index (Phi) is 4.81. The first-order valence-corrected chi connectivity index (χ1v) is 8.86. The molecule has 0 saturated heterocycles. The van der Waals surface area contributed by atoms with Crippen LogP contribution < -0.4 is 9.54 Å². The van der Waals surface area contributed by atoms with E-state index in [1.54, 1.807) is 0 Å². The van der Waals surface area contributed by atoms with Gasteiger partial charge in [0.1, 0.15) is 11.3 Å². The number of nitrogens with zero attached hydrogens (tertiary/aromatic N) is 2. The van der Waals surface area contributed by atoms with Crippen LogP contribution in [0.25, 0.3) is 10.2 Å². The fourth-order valence-electron chi connectivity index (χ4n) is 2.60. The summed E-state index contributed by atoms with van der Waals surface area (Å²) in [7, 11) is 0. The summed E-state index contributed by atoms with van der Waals surface area (Å²) < 4.78 is 8.84. The molecule has 3 aromatic rings. The minimum atomic E-state index is -0.221. The summed E-state index contributed by atoms with van der Waals surface area (Å²) in [5, 5.41) is 0. The normalized spacial score (nSPS) is 11.9. The zero-order valence-electron chi connectivity index (χ0n) is 14.1. The third kappa shape index (κ3) is 3.12. The van der Waals surface area contributed by atoms with Gasteiger partial charge in [0, 0.05) is 12.1 Å². The van der Waals surface area contributed by atoms with Crippen molar-refractivity contribution in [3.8, 4) is 5.75 Å². The van der Waals surface area contributed by atoms with Gasteiger partial charge in [-0.2, -0.15) is 4.99 Å². The van der Waals surface area contributed by atoms with Gasteiger partial charge in [-0.1, -0.05) is 35.1 Å². The van der Waals surface area contributed by atoms with E-state index in [1.165, 1.54) is 11.3 Å². The smallest absolute Gasteiger partial charge is 0.279 e. The van der Waals surface area contributed by atoms with E-state index >= 15 is 0 Å². The van der Waals surface area contributed by atoms with E-state index in [1.807, 2.05) is 67.8 Å². The van der Waals surface area contributed by atoms with E-state index in [0.29, 0.717) is 17.0 Å². The Hall–Kier alpha value is -2.40. The molecular formula is C19H20N2O2S. The third-order valence-corrected chi connectivity index (χ3v) is 4.82. The van der Waals surface area contributed by atoms with E-state index in [4.69, 9.17) is 4.74 Å². The first-order valence-electron chi connectivity index (χ1n) is 8.05. The minimum Gasteiger partial charge on any atom is -0.492 e. The average molecular weight is 340 g/mol. The van der Waals surface area contributed by atoms with E-state index in [2.05, 4.69) is 4.99 Å². The van der Waals surface area contributed by atoms with Crippen molar-refractivity contribution in [2.75, 3.05) is 6.61 Å². The van der Waals surface area contributed by atoms with Crippen LogP contribution in [-0.4, -0.2) is 17.1 Å². The molecule has 1 heterocycles. The standard InChI is InChI=1S/C19H20N2O2S/c1-4-21-17-15(23-5-2)7-6-8-16(17)24-19(21)20-18(22)14-11-9-13(3)10-12-14/h6-12H,4-5H2,1-3H3. The van der Waals surface area contributed by atoms with Gasteiger partial charge in [-0.05, 0) is 45.0 Å². The van der Waals surface area contributed by atoms with Crippen molar-refractivity contribution in [2.45, 2.75) is 27.3 Å². The van der Waals surface area contributed by atoms with Gasteiger partial charge in [-0.3, -0.25) is 4.79 Å². The number of thiazole rings is 1. The molecule has 0 spiro atoms. The van der Waals surface area contributed by atoms with Crippen molar-refractivity contribution in [3.05, 3.63) is 58.4 Å². The maximum atomic E-state index is 12.5. The van der Waals surface area contributed by atoms with E-state index in [0.717, 1.165) is 28.1 Å². The Balaban J connectivity index is 2.13. The lowest BCUT2D eigenvalue weighted by Crippen LogP contribution is -2.16.